The number of aromatic nitrogens is 1. The van der Waals surface area contributed by atoms with E-state index in [1.165, 1.54) is 24.3 Å². The van der Waals surface area contributed by atoms with Crippen molar-refractivity contribution in [3.8, 4) is 11.3 Å². The predicted molar refractivity (Wildman–Crippen MR) is 81.1 cm³/mol. The van der Waals surface area contributed by atoms with E-state index < -0.39 is 23.4 Å². The number of aromatic amines is 1. The molecular weight excluding hydrogens is 305 g/mol. The molecule has 1 aromatic heterocycles. The molecule has 6 heteroatoms. The second-order valence-corrected chi connectivity index (χ2v) is 5.23. The molecule has 23 heavy (non-hydrogen) atoms. The number of fused-ring (bicyclic) bond motifs is 1. The maximum absolute atomic E-state index is 14.2. The van der Waals surface area contributed by atoms with Gasteiger partial charge in [-0.15, -0.1) is 0 Å². The summed E-state index contributed by atoms with van der Waals surface area (Å²) in [5.41, 5.74) is 6.65. The Kier molecular flexibility index (Phi) is 3.82. The molecule has 0 radical (unpaired) electrons. The Hall–Kier alpha value is -2.76. The first kappa shape index (κ1) is 15.1. The number of nitrogens with two attached hydrogens (primary N) is 1. The van der Waals surface area contributed by atoms with Crippen LogP contribution in [0.2, 0.25) is 0 Å². The number of halogens is 3. The zero-order valence-corrected chi connectivity index (χ0v) is 12.0. The average molecular weight is 318 g/mol. The molecule has 3 rings (SSSR count). The Bertz CT molecular complexity index is 885. The van der Waals surface area contributed by atoms with E-state index in [0.717, 1.165) is 12.1 Å². The SMILES string of the molecule is NC(=O)CCc1c(-c2ccc(F)cc2)[nH]c2c(F)ccc(F)c12. The Morgan fingerprint density at radius 2 is 1.65 bits per heavy atom. The number of H-pyrrole nitrogens is 1. The minimum absolute atomic E-state index is 0.00288. The van der Waals surface area contributed by atoms with Crippen molar-refractivity contribution in [3.05, 3.63) is 59.4 Å². The van der Waals surface area contributed by atoms with Crippen molar-refractivity contribution in [1.29, 1.82) is 0 Å². The first-order valence-electron chi connectivity index (χ1n) is 7.00. The van der Waals surface area contributed by atoms with Crippen LogP contribution in [-0.4, -0.2) is 10.9 Å². The van der Waals surface area contributed by atoms with Gasteiger partial charge in [0.05, 0.1) is 5.52 Å². The summed E-state index contributed by atoms with van der Waals surface area (Å²) in [7, 11) is 0. The summed E-state index contributed by atoms with van der Waals surface area (Å²) in [6.45, 7) is 0. The Balaban J connectivity index is 2.25. The van der Waals surface area contributed by atoms with Crippen LogP contribution in [0.3, 0.4) is 0 Å². The third-order valence-corrected chi connectivity index (χ3v) is 3.71. The Labute approximate surface area is 129 Å². The summed E-state index contributed by atoms with van der Waals surface area (Å²) in [6, 6.07) is 7.58. The number of nitrogens with one attached hydrogen (secondary N) is 1. The van der Waals surface area contributed by atoms with Crippen LogP contribution in [0.15, 0.2) is 36.4 Å². The van der Waals surface area contributed by atoms with E-state index in [-0.39, 0.29) is 23.7 Å². The predicted octanol–water partition coefficient (Wildman–Crippen LogP) is 3.67. The highest BCUT2D eigenvalue weighted by Crippen LogP contribution is 2.34. The van der Waals surface area contributed by atoms with E-state index in [9.17, 15) is 18.0 Å². The summed E-state index contributed by atoms with van der Waals surface area (Å²) >= 11 is 0. The van der Waals surface area contributed by atoms with Crippen molar-refractivity contribution in [2.75, 3.05) is 0 Å². The van der Waals surface area contributed by atoms with Crippen molar-refractivity contribution in [2.45, 2.75) is 12.8 Å². The smallest absolute Gasteiger partial charge is 0.217 e. The maximum Gasteiger partial charge on any atom is 0.217 e. The van der Waals surface area contributed by atoms with Gasteiger partial charge in [0, 0.05) is 17.5 Å². The summed E-state index contributed by atoms with van der Waals surface area (Å²) in [4.78, 5) is 13.9. The van der Waals surface area contributed by atoms with Crippen molar-refractivity contribution >= 4 is 16.8 Å². The molecule has 0 unspecified atom stereocenters. The van der Waals surface area contributed by atoms with Crippen molar-refractivity contribution in [1.82, 2.24) is 4.98 Å². The largest absolute Gasteiger partial charge is 0.370 e. The first-order valence-corrected chi connectivity index (χ1v) is 7.00. The zero-order valence-electron chi connectivity index (χ0n) is 12.0. The van der Waals surface area contributed by atoms with Gasteiger partial charge < -0.3 is 10.7 Å². The van der Waals surface area contributed by atoms with Gasteiger partial charge in [-0.25, -0.2) is 13.2 Å². The third-order valence-electron chi connectivity index (χ3n) is 3.71. The molecule has 0 fully saturated rings. The number of carbonyl (C=O) groups is 1. The summed E-state index contributed by atoms with van der Waals surface area (Å²) < 4.78 is 41.3. The van der Waals surface area contributed by atoms with Gasteiger partial charge in [-0.2, -0.15) is 0 Å². The quantitative estimate of drug-likeness (QED) is 0.757. The monoisotopic (exact) mass is 318 g/mol. The minimum atomic E-state index is -0.602. The number of hydrogen-bond acceptors (Lipinski definition) is 1. The van der Waals surface area contributed by atoms with Gasteiger partial charge in [0.1, 0.15) is 17.5 Å². The second kappa shape index (κ2) is 5.79. The van der Waals surface area contributed by atoms with Crippen molar-refractivity contribution < 1.29 is 18.0 Å². The van der Waals surface area contributed by atoms with Gasteiger partial charge in [-0.05, 0) is 53.9 Å². The highest BCUT2D eigenvalue weighted by atomic mass is 19.1. The van der Waals surface area contributed by atoms with Gasteiger partial charge in [-0.3, -0.25) is 4.79 Å². The van der Waals surface area contributed by atoms with Crippen LogP contribution in [0, 0.1) is 17.5 Å². The molecule has 0 saturated carbocycles. The average Bonchev–Trinajstić information content (AvgIpc) is 2.90. The third kappa shape index (κ3) is 2.79. The lowest BCUT2D eigenvalue weighted by atomic mass is 10.0. The molecule has 0 aliphatic heterocycles. The van der Waals surface area contributed by atoms with Crippen LogP contribution < -0.4 is 5.73 Å². The van der Waals surface area contributed by atoms with Crippen LogP contribution in [0.5, 0.6) is 0 Å². The number of amides is 1. The number of rotatable bonds is 4. The molecule has 1 heterocycles. The van der Waals surface area contributed by atoms with Gasteiger partial charge >= 0.3 is 0 Å². The number of hydrogen-bond donors (Lipinski definition) is 2. The number of carbonyl (C=O) groups excluding carboxylic acids is 1. The number of primary amides is 1. The van der Waals surface area contributed by atoms with E-state index in [2.05, 4.69) is 4.98 Å². The number of benzene rings is 2. The molecule has 0 saturated heterocycles. The van der Waals surface area contributed by atoms with Crippen LogP contribution in [-0.2, 0) is 11.2 Å². The first-order chi connectivity index (χ1) is 11.0. The lowest BCUT2D eigenvalue weighted by Crippen LogP contribution is -2.11. The summed E-state index contributed by atoms with van der Waals surface area (Å²) in [6.07, 6.45) is 0.152. The van der Waals surface area contributed by atoms with E-state index in [0.29, 0.717) is 16.8 Å². The van der Waals surface area contributed by atoms with Gasteiger partial charge in [0.2, 0.25) is 5.91 Å². The normalized spacial score (nSPS) is 11.1. The molecule has 0 bridgehead atoms. The lowest BCUT2D eigenvalue weighted by molar-refractivity contribution is -0.117. The second-order valence-electron chi connectivity index (χ2n) is 5.23. The molecule has 0 aliphatic rings. The Morgan fingerprint density at radius 1 is 1.00 bits per heavy atom. The van der Waals surface area contributed by atoms with Gasteiger partial charge in [0.15, 0.2) is 0 Å². The molecule has 3 aromatic rings. The maximum atomic E-state index is 14.2. The molecule has 0 spiro atoms. The van der Waals surface area contributed by atoms with Crippen molar-refractivity contribution in [3.63, 3.8) is 0 Å². The molecule has 3 N–H and O–H groups in total. The van der Waals surface area contributed by atoms with E-state index in [4.69, 9.17) is 5.73 Å². The standard InChI is InChI=1S/C17H13F3N2O/c18-10-3-1-9(2-4-10)16-11(5-8-14(21)23)15-12(19)6-7-13(20)17(15)22-16/h1-4,6-7,22H,5,8H2,(H2,21,23). The molecule has 3 nitrogen and oxygen atoms in total. The topological polar surface area (TPSA) is 58.9 Å². The molecule has 2 aromatic carbocycles. The zero-order chi connectivity index (χ0) is 16.6. The van der Waals surface area contributed by atoms with Crippen LogP contribution in [0.4, 0.5) is 13.2 Å². The van der Waals surface area contributed by atoms with Gasteiger partial charge in [-0.1, -0.05) is 0 Å². The highest BCUT2D eigenvalue weighted by Gasteiger charge is 2.19. The van der Waals surface area contributed by atoms with Crippen LogP contribution in [0.25, 0.3) is 22.2 Å². The molecular formula is C17H13F3N2O. The van der Waals surface area contributed by atoms with Gasteiger partial charge in [0.25, 0.3) is 0 Å². The van der Waals surface area contributed by atoms with Crippen molar-refractivity contribution in [2.24, 2.45) is 5.73 Å². The summed E-state index contributed by atoms with van der Waals surface area (Å²) in [5.74, 6) is -2.15. The fourth-order valence-electron chi connectivity index (χ4n) is 2.66. The fourth-order valence-corrected chi connectivity index (χ4v) is 2.66. The summed E-state index contributed by atoms with van der Waals surface area (Å²) in [5, 5.41) is 0.0885. The molecule has 0 atom stereocenters. The molecule has 0 aliphatic carbocycles. The van der Waals surface area contributed by atoms with E-state index in [1.807, 2.05) is 0 Å². The lowest BCUT2D eigenvalue weighted by Gasteiger charge is -2.05. The molecule has 1 amide bonds. The molecule has 118 valence electrons. The van der Waals surface area contributed by atoms with Crippen LogP contribution in [0.1, 0.15) is 12.0 Å². The number of aryl methyl sites for hydroxylation is 1. The minimum Gasteiger partial charge on any atom is -0.370 e. The Morgan fingerprint density at radius 3 is 2.30 bits per heavy atom. The van der Waals surface area contributed by atoms with E-state index >= 15 is 0 Å². The fraction of sp³-hybridized carbons (Fsp3) is 0.118. The van der Waals surface area contributed by atoms with E-state index in [1.54, 1.807) is 0 Å². The highest BCUT2D eigenvalue weighted by molar-refractivity contribution is 5.92. The van der Waals surface area contributed by atoms with Crippen LogP contribution >= 0.6 is 0 Å².